The quantitative estimate of drug-likeness (QED) is 0.683. The van der Waals surface area contributed by atoms with Gasteiger partial charge in [0.1, 0.15) is 0 Å². The maximum atomic E-state index is 13.1. The van der Waals surface area contributed by atoms with Crippen molar-refractivity contribution in [2.24, 2.45) is 5.92 Å². The van der Waals surface area contributed by atoms with Gasteiger partial charge >= 0.3 is 6.18 Å². The number of rotatable bonds is 3. The molecular formula is C20H18F3N5O3. The van der Waals surface area contributed by atoms with Gasteiger partial charge in [0.15, 0.2) is 17.1 Å². The molecule has 0 aliphatic carbocycles. The van der Waals surface area contributed by atoms with E-state index in [0.29, 0.717) is 54.7 Å². The monoisotopic (exact) mass is 433 g/mol. The van der Waals surface area contributed by atoms with Crippen LogP contribution in [0.25, 0.3) is 5.65 Å². The van der Waals surface area contributed by atoms with Crippen molar-refractivity contribution < 1.29 is 27.4 Å². The molecule has 3 aromatic rings. The molecule has 0 spiro atoms. The van der Waals surface area contributed by atoms with Crippen molar-refractivity contribution in [2.45, 2.75) is 19.0 Å². The molecule has 1 aromatic carbocycles. The van der Waals surface area contributed by atoms with E-state index < -0.39 is 11.7 Å². The number of amides is 1. The summed E-state index contributed by atoms with van der Waals surface area (Å²) in [6.07, 6.45) is -2.11. The Morgan fingerprint density at radius 1 is 1.13 bits per heavy atom. The fourth-order valence-electron chi connectivity index (χ4n) is 3.85. The van der Waals surface area contributed by atoms with Crippen LogP contribution < -0.4 is 19.7 Å². The number of nitrogens with zero attached hydrogens (tertiary/aromatic N) is 4. The van der Waals surface area contributed by atoms with Crippen LogP contribution in [0.3, 0.4) is 0 Å². The molecule has 162 valence electrons. The first-order valence-corrected chi connectivity index (χ1v) is 9.76. The topological polar surface area (TPSA) is 81.0 Å². The summed E-state index contributed by atoms with van der Waals surface area (Å²) in [4.78, 5) is 14.6. The third kappa shape index (κ3) is 3.71. The van der Waals surface area contributed by atoms with E-state index in [-0.39, 0.29) is 18.6 Å². The number of fused-ring (bicyclic) bond motifs is 2. The largest absolute Gasteiger partial charge is 0.454 e. The molecule has 1 saturated heterocycles. The number of aromatic nitrogens is 3. The lowest BCUT2D eigenvalue weighted by atomic mass is 9.97. The molecule has 8 nitrogen and oxygen atoms in total. The zero-order chi connectivity index (χ0) is 21.6. The van der Waals surface area contributed by atoms with Crippen molar-refractivity contribution in [2.75, 3.05) is 30.1 Å². The molecule has 11 heteroatoms. The summed E-state index contributed by atoms with van der Waals surface area (Å²) in [6.45, 7) is 1.05. The summed E-state index contributed by atoms with van der Waals surface area (Å²) in [5.41, 5.74) is 0.124. The second kappa shape index (κ2) is 7.33. The van der Waals surface area contributed by atoms with Crippen LogP contribution in [0.5, 0.6) is 11.5 Å². The third-order valence-corrected chi connectivity index (χ3v) is 5.43. The van der Waals surface area contributed by atoms with Gasteiger partial charge in [-0.3, -0.25) is 9.20 Å². The van der Waals surface area contributed by atoms with Crippen LogP contribution in [-0.2, 0) is 11.0 Å². The highest BCUT2D eigenvalue weighted by Gasteiger charge is 2.32. The van der Waals surface area contributed by atoms with Gasteiger partial charge in [-0.15, -0.1) is 10.2 Å². The number of piperidine rings is 1. The van der Waals surface area contributed by atoms with Gasteiger partial charge in [0.25, 0.3) is 0 Å². The molecule has 31 heavy (non-hydrogen) atoms. The third-order valence-electron chi connectivity index (χ3n) is 5.43. The number of anilines is 2. The first-order valence-electron chi connectivity index (χ1n) is 9.76. The number of halogens is 3. The first-order chi connectivity index (χ1) is 14.9. The predicted octanol–water partition coefficient (Wildman–Crippen LogP) is 3.33. The highest BCUT2D eigenvalue weighted by atomic mass is 19.4. The van der Waals surface area contributed by atoms with Gasteiger partial charge < -0.3 is 19.7 Å². The number of hydrogen-bond acceptors (Lipinski definition) is 6. The molecule has 1 fully saturated rings. The van der Waals surface area contributed by atoms with Crippen LogP contribution in [0.2, 0.25) is 0 Å². The van der Waals surface area contributed by atoms with Gasteiger partial charge in [0.2, 0.25) is 18.6 Å². The standard InChI is InChI=1S/C20H18F3N5O3/c21-20(22,23)13-3-6-17-25-26-19(28(17)10-13)27-7-1-2-12(9-27)18(29)24-14-4-5-15-16(8-14)31-11-30-15/h3-6,8,10,12H,1-2,7,9,11H2,(H,24,29)/t12-/m1/s1. The van der Waals surface area contributed by atoms with Crippen LogP contribution in [0.15, 0.2) is 36.5 Å². The van der Waals surface area contributed by atoms with Crippen LogP contribution in [0.1, 0.15) is 18.4 Å². The lowest BCUT2D eigenvalue weighted by Gasteiger charge is -2.32. The zero-order valence-corrected chi connectivity index (χ0v) is 16.2. The molecule has 1 atom stereocenters. The van der Waals surface area contributed by atoms with E-state index in [2.05, 4.69) is 15.5 Å². The van der Waals surface area contributed by atoms with E-state index in [1.165, 1.54) is 10.5 Å². The van der Waals surface area contributed by atoms with Gasteiger partial charge in [-0.25, -0.2) is 0 Å². The Labute approximate surface area is 174 Å². The summed E-state index contributed by atoms with van der Waals surface area (Å²) < 4.78 is 51.3. The maximum Gasteiger partial charge on any atom is 0.417 e. The molecule has 2 aliphatic heterocycles. The van der Waals surface area contributed by atoms with E-state index in [1.54, 1.807) is 23.1 Å². The molecule has 0 saturated carbocycles. The van der Waals surface area contributed by atoms with Gasteiger partial charge in [0, 0.05) is 31.0 Å². The van der Waals surface area contributed by atoms with Gasteiger partial charge in [-0.2, -0.15) is 13.2 Å². The molecule has 1 N–H and O–H groups in total. The smallest absolute Gasteiger partial charge is 0.417 e. The summed E-state index contributed by atoms with van der Waals surface area (Å²) in [6, 6.07) is 7.42. The molecule has 2 aliphatic rings. The minimum atomic E-state index is -4.47. The van der Waals surface area contributed by atoms with Crippen molar-refractivity contribution in [3.8, 4) is 11.5 Å². The normalized spacial score (nSPS) is 18.4. The van der Waals surface area contributed by atoms with Crippen LogP contribution in [0.4, 0.5) is 24.8 Å². The number of ether oxygens (including phenoxy) is 2. The van der Waals surface area contributed by atoms with Crippen LogP contribution >= 0.6 is 0 Å². The van der Waals surface area contributed by atoms with Crippen LogP contribution in [-0.4, -0.2) is 40.4 Å². The second-order valence-corrected chi connectivity index (χ2v) is 7.49. The van der Waals surface area contributed by atoms with Crippen molar-refractivity contribution in [3.63, 3.8) is 0 Å². The minimum absolute atomic E-state index is 0.146. The molecule has 0 bridgehead atoms. The highest BCUT2D eigenvalue weighted by molar-refractivity contribution is 5.93. The molecule has 2 aromatic heterocycles. The molecule has 0 unspecified atom stereocenters. The van der Waals surface area contributed by atoms with E-state index in [9.17, 15) is 18.0 Å². The fraction of sp³-hybridized carbons (Fsp3) is 0.350. The number of nitrogens with one attached hydrogen (secondary N) is 1. The predicted molar refractivity (Wildman–Crippen MR) is 104 cm³/mol. The van der Waals surface area contributed by atoms with Crippen LogP contribution in [0, 0.1) is 5.92 Å². The minimum Gasteiger partial charge on any atom is -0.454 e. The highest BCUT2D eigenvalue weighted by Crippen LogP contribution is 2.35. The average Bonchev–Trinajstić information content (AvgIpc) is 3.39. The van der Waals surface area contributed by atoms with Crippen molar-refractivity contribution in [1.29, 1.82) is 0 Å². The molecular weight excluding hydrogens is 415 g/mol. The second-order valence-electron chi connectivity index (χ2n) is 7.49. The Hall–Kier alpha value is -3.50. The van der Waals surface area contributed by atoms with Crippen molar-refractivity contribution in [1.82, 2.24) is 14.6 Å². The number of carbonyl (C=O) groups excluding carboxylic acids is 1. The van der Waals surface area contributed by atoms with Gasteiger partial charge in [0.05, 0.1) is 11.5 Å². The first kappa shape index (κ1) is 19.5. The lowest BCUT2D eigenvalue weighted by Crippen LogP contribution is -2.41. The Balaban J connectivity index is 1.34. The molecule has 0 radical (unpaired) electrons. The SMILES string of the molecule is O=C(Nc1ccc2c(c1)OCO2)[C@@H]1CCCN(c2nnc3ccc(C(F)(F)F)cn23)C1. The van der Waals surface area contributed by atoms with E-state index in [4.69, 9.17) is 9.47 Å². The number of pyridine rings is 1. The number of alkyl halides is 3. The fourth-order valence-corrected chi connectivity index (χ4v) is 3.85. The van der Waals surface area contributed by atoms with Crippen molar-refractivity contribution in [3.05, 3.63) is 42.1 Å². The zero-order valence-electron chi connectivity index (χ0n) is 16.2. The number of carbonyl (C=O) groups is 1. The van der Waals surface area contributed by atoms with E-state index >= 15 is 0 Å². The molecule has 1 amide bonds. The van der Waals surface area contributed by atoms with Gasteiger partial charge in [-0.1, -0.05) is 0 Å². The Morgan fingerprint density at radius 3 is 2.81 bits per heavy atom. The summed E-state index contributed by atoms with van der Waals surface area (Å²) in [5, 5.41) is 10.9. The Bertz CT molecular complexity index is 1150. The summed E-state index contributed by atoms with van der Waals surface area (Å²) in [5.74, 6) is 0.963. The maximum absolute atomic E-state index is 13.1. The van der Waals surface area contributed by atoms with E-state index in [0.717, 1.165) is 12.3 Å². The average molecular weight is 433 g/mol. The number of hydrogen-bond donors (Lipinski definition) is 1. The molecule has 4 heterocycles. The molecule has 5 rings (SSSR count). The Kier molecular flexibility index (Phi) is 4.60. The summed E-state index contributed by atoms with van der Waals surface area (Å²) >= 11 is 0. The Morgan fingerprint density at radius 2 is 1.97 bits per heavy atom. The van der Waals surface area contributed by atoms with Gasteiger partial charge in [-0.05, 0) is 37.1 Å². The number of benzene rings is 1. The summed E-state index contributed by atoms with van der Waals surface area (Å²) in [7, 11) is 0. The van der Waals surface area contributed by atoms with E-state index in [1.807, 2.05) is 0 Å². The van der Waals surface area contributed by atoms with Crippen molar-refractivity contribution >= 4 is 23.2 Å². The lowest BCUT2D eigenvalue weighted by molar-refractivity contribution is -0.137.